The van der Waals surface area contributed by atoms with E-state index in [0.29, 0.717) is 11.4 Å². The molecule has 0 aliphatic rings. The predicted molar refractivity (Wildman–Crippen MR) is 80.7 cm³/mol. The number of hydrogen-bond donors (Lipinski definition) is 2. The fourth-order valence-corrected chi connectivity index (χ4v) is 2.73. The quantitative estimate of drug-likeness (QED) is 0.663. The first kappa shape index (κ1) is 13.5. The number of anilines is 1. The number of para-hydroxylation sites is 1. The van der Waals surface area contributed by atoms with Gasteiger partial charge in [0.05, 0.1) is 6.10 Å². The molecule has 1 atom stereocenters. The van der Waals surface area contributed by atoms with Gasteiger partial charge in [-0.1, -0.05) is 34.1 Å². The van der Waals surface area contributed by atoms with Crippen molar-refractivity contribution in [2.45, 2.75) is 11.0 Å². The summed E-state index contributed by atoms with van der Waals surface area (Å²) in [4.78, 5) is 1.13. The van der Waals surface area contributed by atoms with Crippen LogP contribution in [0.3, 0.4) is 0 Å². The first-order valence-electron chi connectivity index (χ1n) is 5.57. The maximum atomic E-state index is 10.1. The molecule has 2 rings (SSSR count). The van der Waals surface area contributed by atoms with Crippen molar-refractivity contribution in [3.05, 3.63) is 58.6 Å². The Morgan fingerprint density at radius 3 is 2.44 bits per heavy atom. The largest absolute Gasteiger partial charge is 0.398 e. The highest BCUT2D eigenvalue weighted by molar-refractivity contribution is 9.10. The van der Waals surface area contributed by atoms with Crippen molar-refractivity contribution >= 4 is 33.4 Å². The first-order valence-corrected chi connectivity index (χ1v) is 7.35. The molecule has 18 heavy (non-hydrogen) atoms. The van der Waals surface area contributed by atoms with Crippen LogP contribution in [-0.2, 0) is 0 Å². The van der Waals surface area contributed by atoms with Crippen LogP contribution >= 0.6 is 27.7 Å². The molecule has 94 valence electrons. The van der Waals surface area contributed by atoms with Gasteiger partial charge in [0.2, 0.25) is 0 Å². The Morgan fingerprint density at radius 2 is 1.78 bits per heavy atom. The number of aliphatic hydroxyl groups is 1. The number of nitrogen functional groups attached to an aromatic ring is 1. The topological polar surface area (TPSA) is 46.2 Å². The highest BCUT2D eigenvalue weighted by Crippen LogP contribution is 2.28. The normalized spacial score (nSPS) is 12.3. The minimum atomic E-state index is -0.542. The Labute approximate surface area is 119 Å². The molecule has 2 aromatic rings. The van der Waals surface area contributed by atoms with Crippen LogP contribution < -0.4 is 5.73 Å². The third-order valence-corrected chi connectivity index (χ3v) is 4.19. The van der Waals surface area contributed by atoms with E-state index in [4.69, 9.17) is 5.73 Å². The molecule has 0 saturated heterocycles. The van der Waals surface area contributed by atoms with E-state index in [2.05, 4.69) is 15.9 Å². The van der Waals surface area contributed by atoms with Crippen molar-refractivity contribution in [3.8, 4) is 0 Å². The van der Waals surface area contributed by atoms with Gasteiger partial charge in [0.15, 0.2) is 0 Å². The Morgan fingerprint density at radius 1 is 1.11 bits per heavy atom. The second-order valence-corrected chi connectivity index (χ2v) is 5.92. The fourth-order valence-electron chi connectivity index (χ4n) is 1.61. The van der Waals surface area contributed by atoms with Crippen LogP contribution in [0.2, 0.25) is 0 Å². The molecule has 0 saturated carbocycles. The van der Waals surface area contributed by atoms with Gasteiger partial charge in [-0.2, -0.15) is 0 Å². The van der Waals surface area contributed by atoms with Crippen molar-refractivity contribution in [3.63, 3.8) is 0 Å². The summed E-state index contributed by atoms with van der Waals surface area (Å²) in [6.07, 6.45) is -0.542. The molecule has 1 unspecified atom stereocenters. The minimum Gasteiger partial charge on any atom is -0.398 e. The predicted octanol–water partition coefficient (Wildman–Crippen LogP) is 3.86. The smallest absolute Gasteiger partial charge is 0.0903 e. The molecule has 0 radical (unpaired) electrons. The minimum absolute atomic E-state index is 0.542. The van der Waals surface area contributed by atoms with Crippen LogP contribution in [-0.4, -0.2) is 10.9 Å². The molecule has 3 N–H and O–H groups in total. The van der Waals surface area contributed by atoms with Gasteiger partial charge in [0.25, 0.3) is 0 Å². The molecule has 0 bridgehead atoms. The van der Waals surface area contributed by atoms with Gasteiger partial charge in [-0.25, -0.2) is 0 Å². The Kier molecular flexibility index (Phi) is 4.69. The summed E-state index contributed by atoms with van der Waals surface area (Å²) in [7, 11) is 0. The monoisotopic (exact) mass is 323 g/mol. The zero-order valence-electron chi connectivity index (χ0n) is 9.71. The number of aliphatic hydroxyl groups excluding tert-OH is 1. The lowest BCUT2D eigenvalue weighted by Gasteiger charge is -2.12. The van der Waals surface area contributed by atoms with E-state index in [1.165, 1.54) is 0 Å². The third-order valence-electron chi connectivity index (χ3n) is 2.58. The summed E-state index contributed by atoms with van der Waals surface area (Å²) in [5.74, 6) is 0.593. The summed E-state index contributed by atoms with van der Waals surface area (Å²) in [5, 5.41) is 10.1. The van der Waals surface area contributed by atoms with E-state index in [1.807, 2.05) is 48.5 Å². The Bertz CT molecular complexity index is 515. The molecule has 4 heteroatoms. The number of halogens is 1. The van der Waals surface area contributed by atoms with E-state index in [9.17, 15) is 5.11 Å². The molecule has 2 nitrogen and oxygen atoms in total. The van der Waals surface area contributed by atoms with Gasteiger partial charge < -0.3 is 10.8 Å². The molecular formula is C14H14BrNOS. The van der Waals surface area contributed by atoms with E-state index < -0.39 is 6.10 Å². The second-order valence-electron chi connectivity index (χ2n) is 3.91. The summed E-state index contributed by atoms with van der Waals surface area (Å²) in [6, 6.07) is 15.5. The molecule has 0 spiro atoms. The lowest BCUT2D eigenvalue weighted by Crippen LogP contribution is -2.04. The number of rotatable bonds is 4. The zero-order valence-corrected chi connectivity index (χ0v) is 12.1. The first-order chi connectivity index (χ1) is 8.66. The van der Waals surface area contributed by atoms with Crippen molar-refractivity contribution in [1.29, 1.82) is 0 Å². The standard InChI is InChI=1S/C14H14BrNOS/c15-10-5-7-11(8-6-10)18-9-14(17)12-3-1-2-4-13(12)16/h1-8,14,17H,9,16H2. The molecule has 0 aliphatic carbocycles. The molecule has 0 fully saturated rings. The van der Waals surface area contributed by atoms with Crippen molar-refractivity contribution < 1.29 is 5.11 Å². The molecule has 0 aromatic heterocycles. The lowest BCUT2D eigenvalue weighted by molar-refractivity contribution is 0.205. The highest BCUT2D eigenvalue weighted by Gasteiger charge is 2.10. The second kappa shape index (κ2) is 6.27. The number of hydrogen-bond acceptors (Lipinski definition) is 3. The van der Waals surface area contributed by atoms with Crippen LogP contribution in [0.5, 0.6) is 0 Å². The number of nitrogens with two attached hydrogens (primary N) is 1. The van der Waals surface area contributed by atoms with Gasteiger partial charge in [0, 0.05) is 26.4 Å². The van der Waals surface area contributed by atoms with E-state index in [-0.39, 0.29) is 0 Å². The molecule has 2 aromatic carbocycles. The van der Waals surface area contributed by atoms with Gasteiger partial charge >= 0.3 is 0 Å². The average molecular weight is 324 g/mol. The summed E-state index contributed by atoms with van der Waals surface area (Å²) in [6.45, 7) is 0. The maximum absolute atomic E-state index is 10.1. The molecule has 0 aliphatic heterocycles. The van der Waals surface area contributed by atoms with Crippen molar-refractivity contribution in [2.75, 3.05) is 11.5 Å². The Balaban J connectivity index is 1.98. The molecular weight excluding hydrogens is 310 g/mol. The maximum Gasteiger partial charge on any atom is 0.0903 e. The average Bonchev–Trinajstić information content (AvgIpc) is 2.38. The Hall–Kier alpha value is -0.970. The van der Waals surface area contributed by atoms with Crippen LogP contribution in [0.15, 0.2) is 57.9 Å². The van der Waals surface area contributed by atoms with Gasteiger partial charge in [0.1, 0.15) is 0 Å². The van der Waals surface area contributed by atoms with Crippen LogP contribution in [0.4, 0.5) is 5.69 Å². The van der Waals surface area contributed by atoms with E-state index in [0.717, 1.165) is 14.9 Å². The fraction of sp³-hybridized carbons (Fsp3) is 0.143. The van der Waals surface area contributed by atoms with Gasteiger partial charge in [-0.15, -0.1) is 11.8 Å². The highest BCUT2D eigenvalue weighted by atomic mass is 79.9. The SMILES string of the molecule is Nc1ccccc1C(O)CSc1ccc(Br)cc1. The van der Waals surface area contributed by atoms with Crippen molar-refractivity contribution in [1.82, 2.24) is 0 Å². The van der Waals surface area contributed by atoms with Crippen LogP contribution in [0.25, 0.3) is 0 Å². The zero-order chi connectivity index (χ0) is 13.0. The summed E-state index contributed by atoms with van der Waals surface area (Å²) < 4.78 is 1.06. The molecule has 0 heterocycles. The van der Waals surface area contributed by atoms with Crippen LogP contribution in [0, 0.1) is 0 Å². The third kappa shape index (κ3) is 3.51. The lowest BCUT2D eigenvalue weighted by atomic mass is 10.1. The van der Waals surface area contributed by atoms with Crippen LogP contribution in [0.1, 0.15) is 11.7 Å². The summed E-state index contributed by atoms with van der Waals surface area (Å²) in [5.41, 5.74) is 7.27. The summed E-state index contributed by atoms with van der Waals surface area (Å²) >= 11 is 5.01. The van der Waals surface area contributed by atoms with E-state index in [1.54, 1.807) is 11.8 Å². The van der Waals surface area contributed by atoms with Crippen molar-refractivity contribution in [2.24, 2.45) is 0 Å². The van der Waals surface area contributed by atoms with Gasteiger partial charge in [-0.05, 0) is 30.3 Å². The van der Waals surface area contributed by atoms with Gasteiger partial charge in [-0.3, -0.25) is 0 Å². The van der Waals surface area contributed by atoms with E-state index >= 15 is 0 Å². The molecule has 0 amide bonds. The number of thioether (sulfide) groups is 1. The number of benzene rings is 2.